The third-order valence-corrected chi connectivity index (χ3v) is 1.77. The molecule has 1 aliphatic rings. The van der Waals surface area contributed by atoms with E-state index < -0.39 is 0 Å². The maximum absolute atomic E-state index is 11.2. The number of imide groups is 1. The Morgan fingerprint density at radius 1 is 1.46 bits per heavy atom. The van der Waals surface area contributed by atoms with Crippen LogP contribution in [0.5, 0.6) is 0 Å². The average Bonchev–Trinajstić information content (AvgIpc) is 2.58. The summed E-state index contributed by atoms with van der Waals surface area (Å²) in [6.07, 6.45) is 4.51. The first-order chi connectivity index (χ1) is 6.16. The molecule has 2 rings (SSSR count). The Morgan fingerprint density at radius 2 is 2.23 bits per heavy atom. The minimum atomic E-state index is -0.371. The van der Waals surface area contributed by atoms with E-state index in [1.807, 2.05) is 0 Å². The lowest BCUT2D eigenvalue weighted by Crippen LogP contribution is -2.21. The van der Waals surface area contributed by atoms with Gasteiger partial charge in [-0.3, -0.25) is 19.6 Å². The largest absolute Gasteiger partial charge is 0.289 e. The zero-order valence-corrected chi connectivity index (χ0v) is 6.94. The molecule has 2 amide bonds. The van der Waals surface area contributed by atoms with Crippen LogP contribution < -0.4 is 5.32 Å². The van der Waals surface area contributed by atoms with Crippen molar-refractivity contribution >= 4 is 17.4 Å². The number of amides is 2. The zero-order chi connectivity index (χ0) is 9.42. The lowest BCUT2D eigenvalue weighted by molar-refractivity contribution is -0.123. The van der Waals surface area contributed by atoms with Gasteiger partial charge in [-0.05, 0) is 0 Å². The van der Waals surface area contributed by atoms with Crippen LogP contribution in [0.2, 0.25) is 0 Å². The van der Waals surface area contributed by atoms with Crippen LogP contribution in [0.1, 0.15) is 5.56 Å². The van der Waals surface area contributed by atoms with E-state index in [9.17, 15) is 9.59 Å². The summed E-state index contributed by atoms with van der Waals surface area (Å²) in [6, 6.07) is 0. The van der Waals surface area contributed by atoms with E-state index >= 15 is 0 Å². The van der Waals surface area contributed by atoms with E-state index in [2.05, 4.69) is 10.4 Å². The first-order valence-corrected chi connectivity index (χ1v) is 3.73. The molecule has 66 valence electrons. The molecule has 0 saturated heterocycles. The van der Waals surface area contributed by atoms with Crippen LogP contribution in [0, 0.1) is 0 Å². The summed E-state index contributed by atoms with van der Waals surface area (Å²) < 4.78 is 1.58. The van der Waals surface area contributed by atoms with Crippen LogP contribution in [-0.2, 0) is 16.6 Å². The Bertz CT molecular complexity index is 417. The van der Waals surface area contributed by atoms with Crippen molar-refractivity contribution in [3.8, 4) is 0 Å². The van der Waals surface area contributed by atoms with Crippen molar-refractivity contribution < 1.29 is 9.59 Å². The highest BCUT2D eigenvalue weighted by atomic mass is 16.2. The van der Waals surface area contributed by atoms with Crippen molar-refractivity contribution in [1.29, 1.82) is 0 Å². The highest BCUT2D eigenvalue weighted by Crippen LogP contribution is 2.16. The van der Waals surface area contributed by atoms with Gasteiger partial charge in [0.25, 0.3) is 11.8 Å². The van der Waals surface area contributed by atoms with Crippen LogP contribution >= 0.6 is 0 Å². The third kappa shape index (κ3) is 1.24. The van der Waals surface area contributed by atoms with Crippen LogP contribution in [0.25, 0.3) is 5.57 Å². The molecule has 5 nitrogen and oxygen atoms in total. The summed E-state index contributed by atoms with van der Waals surface area (Å²) in [5, 5.41) is 6.07. The van der Waals surface area contributed by atoms with E-state index in [0.29, 0.717) is 11.1 Å². The number of aryl methyl sites for hydroxylation is 1. The molecule has 0 atom stereocenters. The van der Waals surface area contributed by atoms with Gasteiger partial charge in [0, 0.05) is 24.9 Å². The Hall–Kier alpha value is -1.91. The van der Waals surface area contributed by atoms with Crippen molar-refractivity contribution in [2.45, 2.75) is 0 Å². The monoisotopic (exact) mass is 177 g/mol. The van der Waals surface area contributed by atoms with Gasteiger partial charge in [0.2, 0.25) is 0 Å². The second kappa shape index (κ2) is 2.55. The number of hydrogen-bond acceptors (Lipinski definition) is 3. The fourth-order valence-electron chi connectivity index (χ4n) is 1.19. The van der Waals surface area contributed by atoms with Crippen molar-refractivity contribution in [3.63, 3.8) is 0 Å². The second-order valence-corrected chi connectivity index (χ2v) is 2.78. The molecule has 1 aromatic rings. The first kappa shape index (κ1) is 7.72. The number of rotatable bonds is 1. The van der Waals surface area contributed by atoms with Crippen molar-refractivity contribution in [1.82, 2.24) is 15.1 Å². The zero-order valence-electron chi connectivity index (χ0n) is 6.94. The smallest absolute Gasteiger partial charge is 0.259 e. The van der Waals surface area contributed by atoms with Gasteiger partial charge in [-0.15, -0.1) is 0 Å². The molecule has 0 aromatic carbocycles. The summed E-state index contributed by atoms with van der Waals surface area (Å²) in [5.41, 5.74) is 1.03. The molecule has 2 heterocycles. The fourth-order valence-corrected chi connectivity index (χ4v) is 1.19. The Kier molecular flexibility index (Phi) is 1.51. The van der Waals surface area contributed by atoms with Crippen LogP contribution in [0.4, 0.5) is 0 Å². The summed E-state index contributed by atoms with van der Waals surface area (Å²) in [6.45, 7) is 0. The number of nitrogens with zero attached hydrogens (tertiary/aromatic N) is 2. The van der Waals surface area contributed by atoms with Crippen molar-refractivity contribution in [3.05, 3.63) is 24.0 Å². The first-order valence-electron chi connectivity index (χ1n) is 3.73. The third-order valence-electron chi connectivity index (χ3n) is 1.77. The molecule has 0 radical (unpaired) electrons. The molecule has 1 aromatic heterocycles. The van der Waals surface area contributed by atoms with Crippen molar-refractivity contribution in [2.24, 2.45) is 7.05 Å². The molecule has 0 saturated carbocycles. The van der Waals surface area contributed by atoms with E-state index in [-0.39, 0.29) is 11.8 Å². The van der Waals surface area contributed by atoms with E-state index in [1.165, 1.54) is 6.08 Å². The van der Waals surface area contributed by atoms with E-state index in [4.69, 9.17) is 0 Å². The summed E-state index contributed by atoms with van der Waals surface area (Å²) >= 11 is 0. The minimum Gasteiger partial charge on any atom is -0.289 e. The molecule has 0 bridgehead atoms. The molecule has 1 N–H and O–H groups in total. The molecule has 1 aliphatic heterocycles. The van der Waals surface area contributed by atoms with E-state index in [0.717, 1.165) is 0 Å². The SMILES string of the molecule is Cn1cc(C2=CC(=O)NC2=O)cn1. The summed E-state index contributed by atoms with van der Waals surface area (Å²) in [5.74, 6) is -0.734. The molecular formula is C8H7N3O2. The number of carbonyl (C=O) groups excluding carboxylic acids is 2. The molecule has 13 heavy (non-hydrogen) atoms. The van der Waals surface area contributed by atoms with Crippen LogP contribution in [0.3, 0.4) is 0 Å². The molecular weight excluding hydrogens is 170 g/mol. The molecule has 0 spiro atoms. The Labute approximate surface area is 74.0 Å². The standard InChI is InChI=1S/C8H7N3O2/c1-11-4-5(3-9-11)6-2-7(12)10-8(6)13/h2-4H,1H3,(H,10,12,13). The molecule has 5 heteroatoms. The molecule has 0 aliphatic carbocycles. The van der Waals surface area contributed by atoms with Gasteiger partial charge in [-0.25, -0.2) is 0 Å². The van der Waals surface area contributed by atoms with Crippen molar-refractivity contribution in [2.75, 3.05) is 0 Å². The molecule has 0 unspecified atom stereocenters. The number of aromatic nitrogens is 2. The van der Waals surface area contributed by atoms with Gasteiger partial charge in [0.05, 0.1) is 11.8 Å². The predicted octanol–water partition coefficient (Wildman–Crippen LogP) is -0.540. The maximum atomic E-state index is 11.2. The Morgan fingerprint density at radius 3 is 2.69 bits per heavy atom. The predicted molar refractivity (Wildman–Crippen MR) is 44.3 cm³/mol. The topological polar surface area (TPSA) is 64.0 Å². The van der Waals surface area contributed by atoms with Gasteiger partial charge < -0.3 is 0 Å². The summed E-state index contributed by atoms with van der Waals surface area (Å²) in [4.78, 5) is 22.0. The molecule has 0 fully saturated rings. The lowest BCUT2D eigenvalue weighted by atomic mass is 10.1. The number of nitrogens with one attached hydrogen (secondary N) is 1. The fraction of sp³-hybridized carbons (Fsp3) is 0.125. The highest BCUT2D eigenvalue weighted by molar-refractivity contribution is 6.33. The van der Waals surface area contributed by atoms with Gasteiger partial charge in [-0.2, -0.15) is 5.10 Å². The second-order valence-electron chi connectivity index (χ2n) is 2.78. The van der Waals surface area contributed by atoms with E-state index in [1.54, 1.807) is 24.1 Å². The highest BCUT2D eigenvalue weighted by Gasteiger charge is 2.22. The Balaban J connectivity index is 2.42. The average molecular weight is 177 g/mol. The van der Waals surface area contributed by atoms with Gasteiger partial charge in [0.1, 0.15) is 0 Å². The van der Waals surface area contributed by atoms with Crippen LogP contribution in [0.15, 0.2) is 18.5 Å². The van der Waals surface area contributed by atoms with Gasteiger partial charge in [-0.1, -0.05) is 0 Å². The maximum Gasteiger partial charge on any atom is 0.259 e. The lowest BCUT2D eigenvalue weighted by Gasteiger charge is -1.92. The number of carbonyl (C=O) groups is 2. The number of hydrogen-bond donors (Lipinski definition) is 1. The quantitative estimate of drug-likeness (QED) is 0.586. The van der Waals surface area contributed by atoms with Crippen LogP contribution in [-0.4, -0.2) is 21.6 Å². The van der Waals surface area contributed by atoms with Gasteiger partial charge in [0.15, 0.2) is 0 Å². The summed E-state index contributed by atoms with van der Waals surface area (Å²) in [7, 11) is 1.75. The minimum absolute atomic E-state index is 0.363. The van der Waals surface area contributed by atoms with Gasteiger partial charge >= 0.3 is 0 Å². The normalized spacial score (nSPS) is 15.9.